The second-order valence-corrected chi connectivity index (χ2v) is 21.1. The van der Waals surface area contributed by atoms with E-state index in [1.165, 1.54) is 103 Å². The highest BCUT2D eigenvalue weighted by molar-refractivity contribution is 5.72. The zero-order chi connectivity index (χ0) is 47.4. The highest BCUT2D eigenvalue weighted by Gasteiger charge is 2.19. The van der Waals surface area contributed by atoms with Gasteiger partial charge in [-0.3, -0.25) is 24.2 Å². The number of nitrogens with one attached hydrogen (secondary N) is 1. The molecule has 0 aliphatic heterocycles. The smallest absolute Gasteiger partial charge is 0.320 e. The maximum absolute atomic E-state index is 12.7. The van der Waals surface area contributed by atoms with Gasteiger partial charge in [-0.2, -0.15) is 0 Å². The molecular formula is C52H103N3O8. The molecule has 4 N–H and O–H groups in total. The second kappa shape index (κ2) is 39.4. The van der Waals surface area contributed by atoms with Crippen LogP contribution in [0.5, 0.6) is 0 Å². The van der Waals surface area contributed by atoms with Gasteiger partial charge in [-0.25, -0.2) is 0 Å². The minimum absolute atomic E-state index is 0.0355. The highest BCUT2D eigenvalue weighted by Crippen LogP contribution is 2.24. The Balaban J connectivity index is 4.34. The Morgan fingerprint density at radius 3 is 1.17 bits per heavy atom. The van der Waals surface area contributed by atoms with E-state index in [9.17, 15) is 29.7 Å². The lowest BCUT2D eigenvalue weighted by Gasteiger charge is -2.27. The van der Waals surface area contributed by atoms with Crippen LogP contribution in [0.25, 0.3) is 0 Å². The van der Waals surface area contributed by atoms with Crippen molar-refractivity contribution < 1.29 is 39.2 Å². The van der Waals surface area contributed by atoms with Crippen LogP contribution >= 0.6 is 0 Å². The van der Waals surface area contributed by atoms with Crippen LogP contribution in [0.1, 0.15) is 198 Å². The predicted octanol–water partition coefficient (Wildman–Crippen LogP) is 10.6. The number of nitrogens with zero attached hydrogens (tertiary/aromatic N) is 2. The summed E-state index contributed by atoms with van der Waals surface area (Å²) < 4.78 is 11.0. The molecule has 0 aromatic rings. The second-order valence-electron chi connectivity index (χ2n) is 21.1. The fraction of sp³-hybridized carbons (Fsp3) is 0.942. The number of aliphatic carboxylic acids is 1. The summed E-state index contributed by atoms with van der Waals surface area (Å²) in [6, 6.07) is 0. The molecule has 0 spiro atoms. The monoisotopic (exact) mass is 898 g/mol. The van der Waals surface area contributed by atoms with Crippen molar-refractivity contribution in [2.75, 3.05) is 65.6 Å². The first-order chi connectivity index (χ1) is 29.9. The molecule has 0 bridgehead atoms. The Morgan fingerprint density at radius 2 is 0.810 bits per heavy atom. The Bertz CT molecular complexity index is 1110. The molecule has 0 amide bonds. The van der Waals surface area contributed by atoms with E-state index in [0.717, 1.165) is 61.2 Å². The molecule has 374 valence electrons. The third kappa shape index (κ3) is 41.4. The average Bonchev–Trinajstić information content (AvgIpc) is 3.17. The van der Waals surface area contributed by atoms with Gasteiger partial charge in [-0.1, -0.05) is 185 Å². The number of ether oxygens (including phenoxy) is 2. The topological polar surface area (TPSA) is 149 Å². The molecule has 0 rings (SSSR count). The van der Waals surface area contributed by atoms with E-state index in [1.54, 1.807) is 9.80 Å². The summed E-state index contributed by atoms with van der Waals surface area (Å²) in [5.41, 5.74) is 0. The van der Waals surface area contributed by atoms with Gasteiger partial charge in [-0.05, 0) is 60.2 Å². The van der Waals surface area contributed by atoms with E-state index < -0.39 is 18.2 Å². The molecule has 0 aromatic carbocycles. The number of carbonyl (C=O) groups is 3. The first kappa shape index (κ1) is 61.2. The molecule has 0 heterocycles. The van der Waals surface area contributed by atoms with E-state index in [4.69, 9.17) is 9.47 Å². The van der Waals surface area contributed by atoms with Crippen LogP contribution in [0.2, 0.25) is 0 Å². The third-order valence-electron chi connectivity index (χ3n) is 13.0. The van der Waals surface area contributed by atoms with E-state index in [2.05, 4.69) is 74.6 Å². The van der Waals surface area contributed by atoms with Crippen LogP contribution in [0.4, 0.5) is 0 Å². The standard InChI is InChI=1S/C52H103N3O8/c1-41(2)17-11-19-43(5)21-13-23-45(7)25-15-27-47(9)29-35-62-51(60)37-53-31-32-54(38-49(56)57)33-34-55(39-50(58)59)40-52(61)63-36-30-48(10)28-16-26-46(8)24-14-22-44(6)20-12-18-42(3)4/h41-48,50,53,58-59H,11-40H2,1-10H3,(H,56,57). The van der Waals surface area contributed by atoms with Crippen molar-refractivity contribution in [2.45, 2.75) is 204 Å². The number of hydrogen-bond donors (Lipinski definition) is 4. The van der Waals surface area contributed by atoms with Gasteiger partial charge in [0.15, 0.2) is 6.29 Å². The Kier molecular flexibility index (Phi) is 38.3. The van der Waals surface area contributed by atoms with Gasteiger partial charge in [0, 0.05) is 32.7 Å². The molecule has 11 heteroatoms. The number of carboxylic acids is 1. The molecule has 6 atom stereocenters. The lowest BCUT2D eigenvalue weighted by atomic mass is 9.91. The number of rotatable bonds is 44. The summed E-state index contributed by atoms with van der Waals surface area (Å²) in [5, 5.41) is 31.9. The van der Waals surface area contributed by atoms with Crippen molar-refractivity contribution in [3.05, 3.63) is 0 Å². The minimum atomic E-state index is -1.65. The van der Waals surface area contributed by atoms with E-state index >= 15 is 0 Å². The molecular weight excluding hydrogens is 795 g/mol. The number of hydrogen-bond acceptors (Lipinski definition) is 10. The Morgan fingerprint density at radius 1 is 0.460 bits per heavy atom. The molecule has 11 nitrogen and oxygen atoms in total. The van der Waals surface area contributed by atoms with Crippen molar-refractivity contribution in [2.24, 2.45) is 47.3 Å². The van der Waals surface area contributed by atoms with Gasteiger partial charge in [-0.15, -0.1) is 0 Å². The minimum Gasteiger partial charge on any atom is -0.480 e. The van der Waals surface area contributed by atoms with Crippen molar-refractivity contribution >= 4 is 17.9 Å². The molecule has 0 radical (unpaired) electrons. The molecule has 0 saturated heterocycles. The average molecular weight is 898 g/mol. The molecule has 0 saturated carbocycles. The maximum Gasteiger partial charge on any atom is 0.320 e. The maximum atomic E-state index is 12.7. The molecule has 6 unspecified atom stereocenters. The number of aliphatic hydroxyl groups excluding tert-OH is 1. The summed E-state index contributed by atoms with van der Waals surface area (Å²) in [4.78, 5) is 40.0. The Labute approximate surface area is 388 Å². The summed E-state index contributed by atoms with van der Waals surface area (Å²) in [5.74, 6) is 3.90. The SMILES string of the molecule is CC(C)CCCC(C)CCCC(C)CCCC(C)CCOC(=O)CNCCN(CCN(CC(=O)OCCC(C)CCCC(C)CCCC(C)CCCC(C)C)CC(O)O)CC(=O)O. The first-order valence-corrected chi connectivity index (χ1v) is 25.9. The molecule has 0 aromatic heterocycles. The van der Waals surface area contributed by atoms with Gasteiger partial charge < -0.3 is 30.1 Å². The van der Waals surface area contributed by atoms with Gasteiger partial charge in [0.1, 0.15) is 0 Å². The lowest BCUT2D eigenvalue weighted by Crippen LogP contribution is -2.44. The lowest BCUT2D eigenvalue weighted by molar-refractivity contribution is -0.147. The fourth-order valence-electron chi connectivity index (χ4n) is 8.54. The zero-order valence-electron chi connectivity index (χ0n) is 42.7. The van der Waals surface area contributed by atoms with Crippen molar-refractivity contribution in [1.29, 1.82) is 0 Å². The molecule has 63 heavy (non-hydrogen) atoms. The van der Waals surface area contributed by atoms with Crippen LogP contribution in [0.3, 0.4) is 0 Å². The van der Waals surface area contributed by atoms with Crippen LogP contribution in [0.15, 0.2) is 0 Å². The number of aliphatic hydroxyl groups is 2. The normalized spacial score (nSPS) is 15.0. The number of carboxylic acid groups (broad SMARTS) is 1. The summed E-state index contributed by atoms with van der Waals surface area (Å²) in [7, 11) is 0. The van der Waals surface area contributed by atoms with Crippen molar-refractivity contribution in [3.63, 3.8) is 0 Å². The van der Waals surface area contributed by atoms with Gasteiger partial charge in [0.2, 0.25) is 0 Å². The third-order valence-corrected chi connectivity index (χ3v) is 13.0. The van der Waals surface area contributed by atoms with Crippen molar-refractivity contribution in [3.8, 4) is 0 Å². The summed E-state index contributed by atoms with van der Waals surface area (Å²) >= 11 is 0. The summed E-state index contributed by atoms with van der Waals surface area (Å²) in [6.45, 7) is 24.6. The quantitative estimate of drug-likeness (QED) is 0.0263. The van der Waals surface area contributed by atoms with E-state index in [0.29, 0.717) is 38.1 Å². The number of esters is 2. The Hall–Kier alpha value is -1.79. The van der Waals surface area contributed by atoms with Gasteiger partial charge >= 0.3 is 17.9 Å². The van der Waals surface area contributed by atoms with Crippen LogP contribution in [-0.2, 0) is 23.9 Å². The van der Waals surface area contributed by atoms with Crippen LogP contribution in [-0.4, -0.2) is 115 Å². The molecule has 0 aliphatic rings. The zero-order valence-corrected chi connectivity index (χ0v) is 42.7. The highest BCUT2D eigenvalue weighted by atomic mass is 16.5. The molecule has 0 fully saturated rings. The fourth-order valence-corrected chi connectivity index (χ4v) is 8.54. The molecule has 0 aliphatic carbocycles. The van der Waals surface area contributed by atoms with Crippen LogP contribution in [0, 0.1) is 47.3 Å². The van der Waals surface area contributed by atoms with Crippen molar-refractivity contribution in [1.82, 2.24) is 15.1 Å². The van der Waals surface area contributed by atoms with E-state index in [1.807, 2.05) is 0 Å². The van der Waals surface area contributed by atoms with Gasteiger partial charge in [0.25, 0.3) is 0 Å². The largest absolute Gasteiger partial charge is 0.480 e. The predicted molar refractivity (Wildman–Crippen MR) is 261 cm³/mol. The van der Waals surface area contributed by atoms with Gasteiger partial charge in [0.05, 0.1) is 32.8 Å². The summed E-state index contributed by atoms with van der Waals surface area (Å²) in [6.07, 6.45) is 23.0. The number of carbonyl (C=O) groups excluding carboxylic acids is 2. The van der Waals surface area contributed by atoms with E-state index in [-0.39, 0.29) is 45.2 Å². The first-order valence-electron chi connectivity index (χ1n) is 25.9. The van der Waals surface area contributed by atoms with Crippen LogP contribution < -0.4 is 5.32 Å².